The standard InChI is InChI=1S/C11H17N3O6S/c1-7(2)21(19,20)6-10(16)14-9(11(17)18)4-3-8(15)5-13-12/h5,7,9H,3-4,6H2,1-2H3,(H,14,16)(H,17,18)/t9-/m0/s1. The Labute approximate surface area is 121 Å². The highest BCUT2D eigenvalue weighted by Gasteiger charge is 2.25. The van der Waals surface area contributed by atoms with Crippen LogP contribution >= 0.6 is 0 Å². The van der Waals surface area contributed by atoms with Gasteiger partial charge in [0.2, 0.25) is 11.7 Å². The van der Waals surface area contributed by atoms with Crippen LogP contribution in [-0.2, 0) is 24.2 Å². The maximum Gasteiger partial charge on any atom is 0.326 e. The summed E-state index contributed by atoms with van der Waals surface area (Å²) in [6.07, 6.45) is 0.107. The van der Waals surface area contributed by atoms with Crippen molar-refractivity contribution < 1.29 is 32.7 Å². The quantitative estimate of drug-likeness (QED) is 0.316. The zero-order valence-electron chi connectivity index (χ0n) is 11.6. The smallest absolute Gasteiger partial charge is 0.326 e. The Morgan fingerprint density at radius 3 is 2.33 bits per heavy atom. The van der Waals surface area contributed by atoms with Crippen molar-refractivity contribution in [2.45, 2.75) is 38.0 Å². The maximum absolute atomic E-state index is 11.5. The van der Waals surface area contributed by atoms with Gasteiger partial charge in [0, 0.05) is 6.42 Å². The van der Waals surface area contributed by atoms with Crippen LogP contribution in [0.5, 0.6) is 0 Å². The average Bonchev–Trinajstić information content (AvgIpc) is 2.33. The van der Waals surface area contributed by atoms with Crippen LogP contribution in [0.3, 0.4) is 0 Å². The van der Waals surface area contributed by atoms with Crippen LogP contribution in [0, 0.1) is 0 Å². The summed E-state index contributed by atoms with van der Waals surface area (Å²) in [5.74, 6) is -3.77. The lowest BCUT2D eigenvalue weighted by atomic mass is 10.1. The summed E-state index contributed by atoms with van der Waals surface area (Å²) in [6, 6.07) is -1.39. The van der Waals surface area contributed by atoms with E-state index in [1.165, 1.54) is 13.8 Å². The minimum atomic E-state index is -3.63. The van der Waals surface area contributed by atoms with Gasteiger partial charge in [-0.15, -0.1) is 0 Å². The first-order valence-electron chi connectivity index (χ1n) is 6.04. The first-order valence-corrected chi connectivity index (χ1v) is 7.75. The van der Waals surface area contributed by atoms with E-state index >= 15 is 0 Å². The fourth-order valence-electron chi connectivity index (χ4n) is 1.26. The summed E-state index contributed by atoms with van der Waals surface area (Å²) < 4.78 is 23.1. The molecule has 2 N–H and O–H groups in total. The molecule has 0 aliphatic carbocycles. The second kappa shape index (κ2) is 8.28. The van der Waals surface area contributed by atoms with Gasteiger partial charge in [0.15, 0.2) is 9.84 Å². The molecule has 0 saturated carbocycles. The van der Waals surface area contributed by atoms with E-state index < -0.39 is 44.5 Å². The van der Waals surface area contributed by atoms with E-state index in [2.05, 4.69) is 4.79 Å². The van der Waals surface area contributed by atoms with E-state index in [4.69, 9.17) is 10.6 Å². The molecule has 0 spiro atoms. The van der Waals surface area contributed by atoms with Gasteiger partial charge in [-0.1, -0.05) is 0 Å². The van der Waals surface area contributed by atoms with Crippen molar-refractivity contribution in [1.82, 2.24) is 5.32 Å². The Hall–Kier alpha value is -2.06. The topological polar surface area (TPSA) is 154 Å². The molecular weight excluding hydrogens is 302 g/mol. The second-order valence-corrected chi connectivity index (χ2v) is 7.12. The average molecular weight is 319 g/mol. The van der Waals surface area contributed by atoms with Crippen molar-refractivity contribution in [2.75, 3.05) is 5.75 Å². The minimum absolute atomic E-state index is 0.242. The summed E-state index contributed by atoms with van der Waals surface area (Å²) in [5.41, 5.74) is 8.13. The van der Waals surface area contributed by atoms with Crippen LogP contribution in [0.1, 0.15) is 26.7 Å². The number of nitrogens with zero attached hydrogens (tertiary/aromatic N) is 2. The van der Waals surface area contributed by atoms with Crippen molar-refractivity contribution in [2.24, 2.45) is 0 Å². The Bertz CT molecular complexity index is 563. The third kappa shape index (κ3) is 7.33. The van der Waals surface area contributed by atoms with Gasteiger partial charge in [-0.05, 0) is 20.3 Å². The summed E-state index contributed by atoms with van der Waals surface area (Å²) in [5, 5.41) is 10.2. The van der Waals surface area contributed by atoms with Crippen LogP contribution in [0.4, 0.5) is 0 Å². The minimum Gasteiger partial charge on any atom is -0.480 e. The lowest BCUT2D eigenvalue weighted by Crippen LogP contribution is -2.44. The van der Waals surface area contributed by atoms with Crippen LogP contribution in [-0.4, -0.2) is 59.2 Å². The number of hydrogen-bond donors (Lipinski definition) is 2. The molecule has 0 radical (unpaired) electrons. The first kappa shape index (κ1) is 18.9. The number of carbonyl (C=O) groups excluding carboxylic acids is 2. The van der Waals surface area contributed by atoms with E-state index in [0.717, 1.165) is 0 Å². The molecule has 9 nitrogen and oxygen atoms in total. The number of aliphatic carboxylic acids is 1. The Morgan fingerprint density at radius 1 is 1.33 bits per heavy atom. The normalized spacial score (nSPS) is 12.3. The van der Waals surface area contributed by atoms with Crippen molar-refractivity contribution in [1.29, 1.82) is 0 Å². The van der Waals surface area contributed by atoms with Crippen molar-refractivity contribution in [3.63, 3.8) is 0 Å². The number of hydrogen-bond acceptors (Lipinski definition) is 5. The highest BCUT2D eigenvalue weighted by Crippen LogP contribution is 2.02. The van der Waals surface area contributed by atoms with Gasteiger partial charge in [-0.3, -0.25) is 9.59 Å². The highest BCUT2D eigenvalue weighted by molar-refractivity contribution is 7.92. The number of carboxylic acids is 1. The van der Waals surface area contributed by atoms with Gasteiger partial charge < -0.3 is 16.0 Å². The lowest BCUT2D eigenvalue weighted by Gasteiger charge is -2.14. The molecule has 0 unspecified atom stereocenters. The molecule has 0 rings (SSSR count). The molecule has 0 fully saturated rings. The van der Waals surface area contributed by atoms with E-state index in [-0.39, 0.29) is 12.8 Å². The molecule has 1 amide bonds. The number of carbonyl (C=O) groups is 3. The fourth-order valence-corrected chi connectivity index (χ4v) is 2.04. The number of nitrogens with one attached hydrogen (secondary N) is 1. The van der Waals surface area contributed by atoms with E-state index in [1.807, 2.05) is 5.32 Å². The maximum atomic E-state index is 11.5. The largest absolute Gasteiger partial charge is 0.480 e. The molecule has 0 aliphatic rings. The van der Waals surface area contributed by atoms with Crippen LogP contribution in [0.2, 0.25) is 0 Å². The summed E-state index contributed by atoms with van der Waals surface area (Å²) in [4.78, 5) is 36.1. The van der Waals surface area contributed by atoms with Gasteiger partial charge in [0.25, 0.3) is 0 Å². The number of amides is 1. The Balaban J connectivity index is 4.65. The molecule has 0 aliphatic heterocycles. The summed E-state index contributed by atoms with van der Waals surface area (Å²) in [7, 11) is -3.63. The van der Waals surface area contributed by atoms with Gasteiger partial charge in [-0.2, -0.15) is 4.79 Å². The molecule has 0 saturated heterocycles. The molecule has 118 valence electrons. The molecule has 0 bridgehead atoms. The third-order valence-electron chi connectivity index (χ3n) is 2.56. The number of sulfone groups is 1. The Kier molecular flexibility index (Phi) is 7.46. The van der Waals surface area contributed by atoms with Crippen molar-refractivity contribution >= 4 is 33.7 Å². The zero-order valence-corrected chi connectivity index (χ0v) is 12.5. The molecule has 10 heteroatoms. The predicted molar refractivity (Wildman–Crippen MR) is 72.4 cm³/mol. The highest BCUT2D eigenvalue weighted by atomic mass is 32.2. The van der Waals surface area contributed by atoms with Gasteiger partial charge >= 0.3 is 12.2 Å². The van der Waals surface area contributed by atoms with Gasteiger partial charge in [0.1, 0.15) is 11.8 Å². The van der Waals surface area contributed by atoms with Crippen molar-refractivity contribution in [3.05, 3.63) is 5.53 Å². The number of rotatable bonds is 9. The number of ketones is 1. The van der Waals surface area contributed by atoms with Crippen LogP contribution in [0.15, 0.2) is 0 Å². The molecule has 0 aromatic carbocycles. The zero-order chi connectivity index (χ0) is 16.6. The van der Waals surface area contributed by atoms with Crippen LogP contribution < -0.4 is 5.32 Å². The van der Waals surface area contributed by atoms with E-state index in [1.54, 1.807) is 0 Å². The molecule has 0 heterocycles. The predicted octanol–water partition coefficient (Wildman–Crippen LogP) is -0.971. The van der Waals surface area contributed by atoms with Crippen LogP contribution in [0.25, 0.3) is 5.53 Å². The molecular formula is C11H17N3O6S. The summed E-state index contributed by atoms with van der Waals surface area (Å²) >= 11 is 0. The van der Waals surface area contributed by atoms with Gasteiger partial charge in [0.05, 0.1) is 5.25 Å². The van der Waals surface area contributed by atoms with Gasteiger partial charge in [-0.25, -0.2) is 13.2 Å². The van der Waals surface area contributed by atoms with E-state index in [0.29, 0.717) is 6.21 Å². The fraction of sp³-hybridized carbons (Fsp3) is 0.636. The Morgan fingerprint density at radius 2 is 1.90 bits per heavy atom. The molecule has 0 aromatic rings. The molecule has 0 aromatic heterocycles. The third-order valence-corrected chi connectivity index (χ3v) is 4.67. The van der Waals surface area contributed by atoms with Crippen molar-refractivity contribution in [3.8, 4) is 0 Å². The van der Waals surface area contributed by atoms with E-state index in [9.17, 15) is 22.8 Å². The SMILES string of the molecule is CC(C)S(=O)(=O)CC(=O)N[C@@H](CCC(=O)C=[N+]=[N-])C(=O)O. The monoisotopic (exact) mass is 319 g/mol. The number of Topliss-reactive ketones (excluding diaryl/α,β-unsaturated/α-hetero) is 1. The second-order valence-electron chi connectivity index (χ2n) is 4.56. The summed E-state index contributed by atoms with van der Waals surface area (Å²) in [6.45, 7) is 2.81. The first-order chi connectivity index (χ1) is 9.60. The molecule has 21 heavy (non-hydrogen) atoms. The molecule has 1 atom stereocenters. The number of carboxylic acid groups (broad SMARTS) is 1. The lowest BCUT2D eigenvalue weighted by molar-refractivity contribution is -0.141.